The number of hydrogen-bond donors (Lipinski definition) is 2. The Morgan fingerprint density at radius 1 is 1.40 bits per heavy atom. The molecule has 15 heavy (non-hydrogen) atoms. The van der Waals surface area contributed by atoms with Crippen LogP contribution in [0.4, 0.5) is 0 Å². The molecule has 0 saturated heterocycles. The highest BCUT2D eigenvalue weighted by Crippen LogP contribution is 2.04. The molecule has 0 rings (SSSR count). The van der Waals surface area contributed by atoms with E-state index in [0.717, 1.165) is 32.0 Å². The van der Waals surface area contributed by atoms with Crippen molar-refractivity contribution in [3.63, 3.8) is 0 Å². The molecule has 4 heteroatoms. The van der Waals surface area contributed by atoms with E-state index in [2.05, 4.69) is 43.0 Å². The van der Waals surface area contributed by atoms with Gasteiger partial charge in [-0.3, -0.25) is 10.4 Å². The number of nitrogens with zero attached hydrogens (tertiary/aromatic N) is 2. The topological polar surface area (TPSA) is 53.6 Å². The zero-order chi connectivity index (χ0) is 11.7. The number of hydrogen-bond acceptors (Lipinski definition) is 2. The Bertz CT molecular complexity index is 179. The lowest BCUT2D eigenvalue weighted by atomic mass is 10.1. The van der Waals surface area contributed by atoms with Gasteiger partial charge in [0.05, 0.1) is 0 Å². The predicted octanol–water partition coefficient (Wildman–Crippen LogP) is 1.58. The third kappa shape index (κ3) is 5.62. The maximum absolute atomic E-state index is 5.48. The van der Waals surface area contributed by atoms with Crippen LogP contribution in [0, 0.1) is 5.92 Å². The molecular formula is C11H26N4. The number of hydrazine groups is 1. The first-order valence-electron chi connectivity index (χ1n) is 5.95. The summed E-state index contributed by atoms with van der Waals surface area (Å²) in [6, 6.07) is 0. The fourth-order valence-corrected chi connectivity index (χ4v) is 1.33. The number of nitrogens with two attached hydrogens (primary N) is 1. The standard InChI is InChI=1S/C11H26N4/c1-5-8-13-11(14-12)15(7-3)9-10(4)6-2/h10H,5-9,12H2,1-4H3,(H,13,14). The second-order valence-corrected chi connectivity index (χ2v) is 3.90. The molecule has 0 amide bonds. The van der Waals surface area contributed by atoms with Gasteiger partial charge in [0.2, 0.25) is 5.96 Å². The zero-order valence-corrected chi connectivity index (χ0v) is 10.6. The maximum atomic E-state index is 5.48. The van der Waals surface area contributed by atoms with Crippen LogP contribution < -0.4 is 11.3 Å². The summed E-state index contributed by atoms with van der Waals surface area (Å²) in [5, 5.41) is 0. The second kappa shape index (κ2) is 8.53. The van der Waals surface area contributed by atoms with Crippen molar-refractivity contribution in [2.24, 2.45) is 16.8 Å². The molecule has 0 aliphatic heterocycles. The van der Waals surface area contributed by atoms with E-state index in [1.165, 1.54) is 6.42 Å². The summed E-state index contributed by atoms with van der Waals surface area (Å²) >= 11 is 0. The van der Waals surface area contributed by atoms with Crippen molar-refractivity contribution in [1.29, 1.82) is 0 Å². The van der Waals surface area contributed by atoms with Crippen LogP contribution in [-0.2, 0) is 0 Å². The molecule has 0 aliphatic rings. The molecule has 3 N–H and O–H groups in total. The van der Waals surface area contributed by atoms with Crippen LogP contribution in [0.3, 0.4) is 0 Å². The molecule has 0 aromatic carbocycles. The second-order valence-electron chi connectivity index (χ2n) is 3.90. The summed E-state index contributed by atoms with van der Waals surface area (Å²) < 4.78 is 0. The predicted molar refractivity (Wildman–Crippen MR) is 66.6 cm³/mol. The van der Waals surface area contributed by atoms with Crippen LogP contribution in [0.1, 0.15) is 40.5 Å². The van der Waals surface area contributed by atoms with Crippen molar-refractivity contribution in [3.05, 3.63) is 0 Å². The molecule has 0 radical (unpaired) electrons. The highest BCUT2D eigenvalue weighted by molar-refractivity contribution is 5.79. The molecule has 0 aromatic heterocycles. The van der Waals surface area contributed by atoms with Gasteiger partial charge in [-0.25, -0.2) is 5.84 Å². The molecule has 0 heterocycles. The maximum Gasteiger partial charge on any atom is 0.208 e. The van der Waals surface area contributed by atoms with Crippen molar-refractivity contribution >= 4 is 5.96 Å². The van der Waals surface area contributed by atoms with Gasteiger partial charge < -0.3 is 4.90 Å². The molecule has 0 bridgehead atoms. The van der Waals surface area contributed by atoms with Crippen molar-refractivity contribution in [1.82, 2.24) is 10.3 Å². The number of nitrogens with one attached hydrogen (secondary N) is 1. The summed E-state index contributed by atoms with van der Waals surface area (Å²) in [4.78, 5) is 6.62. The highest BCUT2D eigenvalue weighted by Gasteiger charge is 2.10. The van der Waals surface area contributed by atoms with Crippen LogP contribution in [0.15, 0.2) is 4.99 Å². The van der Waals surface area contributed by atoms with Crippen molar-refractivity contribution < 1.29 is 0 Å². The Labute approximate surface area is 93.9 Å². The van der Waals surface area contributed by atoms with Crippen LogP contribution in [0.5, 0.6) is 0 Å². The van der Waals surface area contributed by atoms with E-state index in [-0.39, 0.29) is 0 Å². The zero-order valence-electron chi connectivity index (χ0n) is 10.6. The number of aliphatic imine (C=N–C) groups is 1. The Hall–Kier alpha value is -0.770. The molecule has 0 aliphatic carbocycles. The first kappa shape index (κ1) is 14.2. The Balaban J connectivity index is 4.33. The Morgan fingerprint density at radius 3 is 2.47 bits per heavy atom. The van der Waals surface area contributed by atoms with E-state index in [9.17, 15) is 0 Å². The molecule has 1 unspecified atom stereocenters. The van der Waals surface area contributed by atoms with E-state index in [4.69, 9.17) is 5.84 Å². The lowest BCUT2D eigenvalue weighted by Gasteiger charge is -2.26. The summed E-state index contributed by atoms with van der Waals surface area (Å²) in [6.45, 7) is 11.5. The van der Waals surface area contributed by atoms with Gasteiger partial charge in [0.1, 0.15) is 0 Å². The molecule has 0 fully saturated rings. The van der Waals surface area contributed by atoms with Crippen molar-refractivity contribution in [2.75, 3.05) is 19.6 Å². The monoisotopic (exact) mass is 214 g/mol. The summed E-state index contributed by atoms with van der Waals surface area (Å²) in [5.41, 5.74) is 2.69. The van der Waals surface area contributed by atoms with E-state index in [0.29, 0.717) is 5.92 Å². The average Bonchev–Trinajstić information content (AvgIpc) is 2.27. The minimum absolute atomic E-state index is 0.671. The smallest absolute Gasteiger partial charge is 0.208 e. The van der Waals surface area contributed by atoms with Crippen molar-refractivity contribution in [2.45, 2.75) is 40.5 Å². The first-order valence-corrected chi connectivity index (χ1v) is 5.95. The van der Waals surface area contributed by atoms with Crippen LogP contribution in [-0.4, -0.2) is 30.5 Å². The minimum Gasteiger partial charge on any atom is -0.342 e. The minimum atomic E-state index is 0.671. The van der Waals surface area contributed by atoms with Crippen LogP contribution in [0.25, 0.3) is 0 Å². The summed E-state index contributed by atoms with van der Waals surface area (Å²) in [5.74, 6) is 6.98. The van der Waals surface area contributed by atoms with E-state index < -0.39 is 0 Å². The fraction of sp³-hybridized carbons (Fsp3) is 0.909. The Kier molecular flexibility index (Phi) is 8.09. The normalized spacial score (nSPS) is 13.8. The Morgan fingerprint density at radius 2 is 2.07 bits per heavy atom. The highest BCUT2D eigenvalue weighted by atomic mass is 15.4. The van der Waals surface area contributed by atoms with E-state index in [1.54, 1.807) is 0 Å². The van der Waals surface area contributed by atoms with Gasteiger partial charge in [-0.15, -0.1) is 0 Å². The number of rotatable bonds is 6. The van der Waals surface area contributed by atoms with Crippen LogP contribution in [0.2, 0.25) is 0 Å². The van der Waals surface area contributed by atoms with Gasteiger partial charge in [-0.1, -0.05) is 27.2 Å². The quantitative estimate of drug-likeness (QED) is 0.305. The molecule has 0 saturated carbocycles. The third-order valence-electron chi connectivity index (χ3n) is 2.52. The first-order chi connectivity index (χ1) is 7.19. The SMILES string of the molecule is CCCN=C(NN)N(CC)CC(C)CC. The van der Waals surface area contributed by atoms with Gasteiger partial charge in [-0.05, 0) is 19.3 Å². The van der Waals surface area contributed by atoms with Gasteiger partial charge in [0.25, 0.3) is 0 Å². The van der Waals surface area contributed by atoms with Gasteiger partial charge >= 0.3 is 0 Å². The summed E-state index contributed by atoms with van der Waals surface area (Å²) in [7, 11) is 0. The van der Waals surface area contributed by atoms with Crippen molar-refractivity contribution in [3.8, 4) is 0 Å². The largest absolute Gasteiger partial charge is 0.342 e. The molecule has 90 valence electrons. The molecule has 0 aromatic rings. The molecule has 0 spiro atoms. The molecule has 1 atom stereocenters. The fourth-order valence-electron chi connectivity index (χ4n) is 1.33. The number of guanidine groups is 1. The molecule has 4 nitrogen and oxygen atoms in total. The van der Waals surface area contributed by atoms with Crippen LogP contribution >= 0.6 is 0 Å². The summed E-state index contributed by atoms with van der Waals surface area (Å²) in [6.07, 6.45) is 2.23. The van der Waals surface area contributed by atoms with Gasteiger partial charge in [0.15, 0.2) is 0 Å². The van der Waals surface area contributed by atoms with Gasteiger partial charge in [-0.2, -0.15) is 0 Å². The lowest BCUT2D eigenvalue weighted by molar-refractivity contribution is 0.348. The lowest BCUT2D eigenvalue weighted by Crippen LogP contribution is -2.46. The van der Waals surface area contributed by atoms with E-state index >= 15 is 0 Å². The average molecular weight is 214 g/mol. The van der Waals surface area contributed by atoms with E-state index in [1.807, 2.05) is 0 Å². The third-order valence-corrected chi connectivity index (χ3v) is 2.52. The van der Waals surface area contributed by atoms with Gasteiger partial charge in [0, 0.05) is 19.6 Å². The molecular weight excluding hydrogens is 188 g/mol.